The summed E-state index contributed by atoms with van der Waals surface area (Å²) in [5.74, 6) is 0. The normalized spacial score (nSPS) is 3.60. The minimum Gasteiger partial charge on any atom is -1.00 e. The molecule has 0 N–H and O–H groups in total. The van der Waals surface area contributed by atoms with Crippen molar-refractivity contribution in [2.24, 2.45) is 0 Å². The van der Waals surface area contributed by atoms with E-state index in [9.17, 15) is 0 Å². The SMILES string of the molecule is [CH2-]CC.[Cd+2].[Cl-]. The zero-order valence-corrected chi connectivity index (χ0v) is 8.29. The van der Waals surface area contributed by atoms with Gasteiger partial charge in [-0.3, -0.25) is 0 Å². The van der Waals surface area contributed by atoms with Gasteiger partial charge in [0.15, 0.2) is 0 Å². The zero-order chi connectivity index (χ0) is 2.71. The Bertz CT molecular complexity index is 6.85. The second-order valence-corrected chi connectivity index (χ2v) is 0.500. The van der Waals surface area contributed by atoms with E-state index >= 15 is 0 Å². The third-order valence-corrected chi connectivity index (χ3v) is 0. The molecule has 0 radical (unpaired) electrons. The molecule has 0 rings (SSSR count). The number of rotatable bonds is 0. The van der Waals surface area contributed by atoms with Crippen LogP contribution in [0.3, 0.4) is 0 Å². The van der Waals surface area contributed by atoms with E-state index in [4.69, 9.17) is 0 Å². The van der Waals surface area contributed by atoms with E-state index in [1.54, 1.807) is 0 Å². The van der Waals surface area contributed by atoms with Crippen molar-refractivity contribution in [3.05, 3.63) is 6.92 Å². The Morgan fingerprint density at radius 2 is 1.60 bits per heavy atom. The van der Waals surface area contributed by atoms with Gasteiger partial charge in [0, 0.05) is 0 Å². The van der Waals surface area contributed by atoms with Gasteiger partial charge in [-0.05, 0) is 0 Å². The fraction of sp³-hybridized carbons (Fsp3) is 0.667. The Balaban J connectivity index is -0.0000000200. The summed E-state index contributed by atoms with van der Waals surface area (Å²) in [5, 5.41) is 0. The zero-order valence-electron chi connectivity index (χ0n) is 3.50. The van der Waals surface area contributed by atoms with Crippen LogP contribution in [-0.2, 0) is 27.3 Å². The molecule has 0 saturated heterocycles. The summed E-state index contributed by atoms with van der Waals surface area (Å²) in [6.45, 7) is 5.50. The molecule has 0 fully saturated rings. The van der Waals surface area contributed by atoms with Gasteiger partial charge in [0.05, 0.1) is 0 Å². The number of hydrogen-bond acceptors (Lipinski definition) is 0. The van der Waals surface area contributed by atoms with Gasteiger partial charge in [0.2, 0.25) is 0 Å². The van der Waals surface area contributed by atoms with Crippen LogP contribution in [0.2, 0.25) is 0 Å². The van der Waals surface area contributed by atoms with Crippen LogP contribution in [0.5, 0.6) is 0 Å². The first-order valence-corrected chi connectivity index (χ1v) is 1.21. The predicted molar refractivity (Wildman–Crippen MR) is 15.6 cm³/mol. The molecule has 0 atom stereocenters. The van der Waals surface area contributed by atoms with Gasteiger partial charge >= 0.3 is 27.3 Å². The van der Waals surface area contributed by atoms with Gasteiger partial charge in [-0.25, -0.2) is 0 Å². The van der Waals surface area contributed by atoms with Crippen LogP contribution in [0.15, 0.2) is 0 Å². The Morgan fingerprint density at radius 1 is 1.60 bits per heavy atom. The van der Waals surface area contributed by atoms with Crippen molar-refractivity contribution < 1.29 is 39.7 Å². The molecule has 0 aromatic rings. The van der Waals surface area contributed by atoms with Crippen LogP contribution in [0.1, 0.15) is 13.3 Å². The first-order chi connectivity index (χ1) is 1.41. The summed E-state index contributed by atoms with van der Waals surface area (Å²) in [6, 6.07) is 0. The second-order valence-electron chi connectivity index (χ2n) is 0.500. The molecule has 0 aliphatic heterocycles. The van der Waals surface area contributed by atoms with Crippen molar-refractivity contribution in [3.63, 3.8) is 0 Å². The van der Waals surface area contributed by atoms with Crippen molar-refractivity contribution >= 4 is 0 Å². The molecule has 0 spiro atoms. The standard InChI is InChI=1S/C3H7.Cd.ClH/c1-3-2;;/h1,3H2,2H3;;1H/q-1;+2;/p-1. The molecule has 28 valence electrons. The summed E-state index contributed by atoms with van der Waals surface area (Å²) in [4.78, 5) is 0. The minimum atomic E-state index is 0. The van der Waals surface area contributed by atoms with Gasteiger partial charge < -0.3 is 19.3 Å². The monoisotopic (exact) mass is 192 g/mol. The average Bonchev–Trinajstić information content (AvgIpc) is 0.918. The topological polar surface area (TPSA) is 0 Å². The maximum atomic E-state index is 3.49. The quantitative estimate of drug-likeness (QED) is 0.314. The molecule has 0 saturated carbocycles. The van der Waals surface area contributed by atoms with E-state index in [2.05, 4.69) is 6.92 Å². The fourth-order valence-corrected chi connectivity index (χ4v) is 0. The fourth-order valence-electron chi connectivity index (χ4n) is 0. The molecule has 0 aromatic heterocycles. The summed E-state index contributed by atoms with van der Waals surface area (Å²) in [6.07, 6.45) is 1.00. The van der Waals surface area contributed by atoms with Crippen molar-refractivity contribution in [1.82, 2.24) is 0 Å². The smallest absolute Gasteiger partial charge is 1.00 e. The Morgan fingerprint density at radius 3 is 1.60 bits per heavy atom. The van der Waals surface area contributed by atoms with E-state index in [1.807, 2.05) is 6.92 Å². The first kappa shape index (κ1) is 16.4. The molecule has 0 aliphatic carbocycles. The molecule has 0 amide bonds. The van der Waals surface area contributed by atoms with E-state index < -0.39 is 0 Å². The van der Waals surface area contributed by atoms with Crippen LogP contribution >= 0.6 is 0 Å². The van der Waals surface area contributed by atoms with E-state index in [0.29, 0.717) is 0 Å². The van der Waals surface area contributed by atoms with Gasteiger partial charge in [-0.2, -0.15) is 6.42 Å². The first-order valence-electron chi connectivity index (χ1n) is 1.21. The van der Waals surface area contributed by atoms with Crippen molar-refractivity contribution in [1.29, 1.82) is 0 Å². The van der Waals surface area contributed by atoms with Crippen LogP contribution < -0.4 is 12.4 Å². The summed E-state index contributed by atoms with van der Waals surface area (Å²) in [7, 11) is 0. The molecule has 0 bridgehead atoms. The van der Waals surface area contributed by atoms with Crippen LogP contribution in [0.25, 0.3) is 0 Å². The molecule has 0 unspecified atom stereocenters. The molecule has 0 aliphatic rings. The van der Waals surface area contributed by atoms with E-state index in [0.717, 1.165) is 6.42 Å². The molecular formula is C3H7CdCl. The maximum Gasteiger partial charge on any atom is 2.00 e. The molecule has 0 nitrogen and oxygen atoms in total. The summed E-state index contributed by atoms with van der Waals surface area (Å²) < 4.78 is 0. The van der Waals surface area contributed by atoms with Gasteiger partial charge in [0.25, 0.3) is 0 Å². The van der Waals surface area contributed by atoms with E-state index in [-0.39, 0.29) is 39.7 Å². The van der Waals surface area contributed by atoms with Crippen LogP contribution in [0.4, 0.5) is 0 Å². The second kappa shape index (κ2) is 18.9. The summed E-state index contributed by atoms with van der Waals surface area (Å²) >= 11 is 0. The molecule has 2 heteroatoms. The van der Waals surface area contributed by atoms with Gasteiger partial charge in [-0.15, -0.1) is 0 Å². The predicted octanol–water partition coefficient (Wildman–Crippen LogP) is -1.77. The molecule has 0 heterocycles. The Kier molecular flexibility index (Phi) is 61.8. The third kappa shape index (κ3) is 36.6. The Labute approximate surface area is 59.9 Å². The number of hydrogen-bond donors (Lipinski definition) is 0. The number of halogens is 1. The largest absolute Gasteiger partial charge is 2.00 e. The summed E-state index contributed by atoms with van der Waals surface area (Å²) in [5.41, 5.74) is 0. The molecule has 0 aromatic carbocycles. The van der Waals surface area contributed by atoms with Gasteiger partial charge in [-0.1, -0.05) is 6.92 Å². The van der Waals surface area contributed by atoms with Gasteiger partial charge in [0.1, 0.15) is 0 Å². The minimum absolute atomic E-state index is 0. The van der Waals surface area contributed by atoms with Crippen LogP contribution in [0, 0.1) is 6.92 Å². The van der Waals surface area contributed by atoms with Crippen molar-refractivity contribution in [3.8, 4) is 0 Å². The third-order valence-electron chi connectivity index (χ3n) is 0. The Hall–Kier alpha value is 1.21. The molecular weight excluding hydrogens is 184 g/mol. The van der Waals surface area contributed by atoms with Crippen molar-refractivity contribution in [2.75, 3.05) is 0 Å². The molecule has 5 heavy (non-hydrogen) atoms. The maximum absolute atomic E-state index is 3.49. The van der Waals surface area contributed by atoms with Crippen LogP contribution in [-0.4, -0.2) is 0 Å². The average molecular weight is 191 g/mol. The van der Waals surface area contributed by atoms with Crippen molar-refractivity contribution in [2.45, 2.75) is 13.3 Å². The van der Waals surface area contributed by atoms with E-state index in [1.165, 1.54) is 0 Å².